The molecule has 0 saturated carbocycles. The van der Waals surface area contributed by atoms with Crippen molar-refractivity contribution in [2.24, 2.45) is 0 Å². The smallest absolute Gasteiger partial charge is 0.321 e. The number of hydrogen-bond acceptors (Lipinski definition) is 4. The molecule has 154 valence electrons. The van der Waals surface area contributed by atoms with E-state index in [4.69, 9.17) is 0 Å². The standard InChI is InChI=1S/C22H21FN4O2S/c1-15-5-4-6-16(13-15)25-22(29)27-11-9-26(10-12-27)21(28)19-14-24-20(30-19)17-7-2-3-8-18(17)23/h2-8,13-14H,9-12H2,1H3,(H,25,29). The highest BCUT2D eigenvalue weighted by molar-refractivity contribution is 7.16. The van der Waals surface area contributed by atoms with Crippen LogP contribution < -0.4 is 5.32 Å². The summed E-state index contributed by atoms with van der Waals surface area (Å²) in [5.74, 6) is -0.507. The number of aromatic nitrogens is 1. The predicted molar refractivity (Wildman–Crippen MR) is 115 cm³/mol. The molecule has 1 saturated heterocycles. The fourth-order valence-corrected chi connectivity index (χ4v) is 4.24. The largest absolute Gasteiger partial charge is 0.334 e. The van der Waals surface area contributed by atoms with Gasteiger partial charge in [0.25, 0.3) is 5.91 Å². The van der Waals surface area contributed by atoms with Gasteiger partial charge < -0.3 is 15.1 Å². The highest BCUT2D eigenvalue weighted by Gasteiger charge is 2.26. The summed E-state index contributed by atoms with van der Waals surface area (Å²) in [7, 11) is 0. The monoisotopic (exact) mass is 424 g/mol. The van der Waals surface area contributed by atoms with Crippen LogP contribution in [0, 0.1) is 12.7 Å². The number of aryl methyl sites for hydroxylation is 1. The first kappa shape index (κ1) is 20.0. The Hall–Kier alpha value is -3.26. The quantitative estimate of drug-likeness (QED) is 0.684. The zero-order valence-electron chi connectivity index (χ0n) is 16.5. The third-order valence-corrected chi connectivity index (χ3v) is 5.96. The summed E-state index contributed by atoms with van der Waals surface area (Å²) in [6.45, 7) is 3.74. The molecule has 6 nitrogen and oxygen atoms in total. The predicted octanol–water partition coefficient (Wildman–Crippen LogP) is 4.25. The first-order chi connectivity index (χ1) is 14.5. The van der Waals surface area contributed by atoms with E-state index < -0.39 is 0 Å². The average molecular weight is 425 g/mol. The van der Waals surface area contributed by atoms with E-state index in [-0.39, 0.29) is 17.8 Å². The van der Waals surface area contributed by atoms with Gasteiger partial charge in [-0.15, -0.1) is 11.3 Å². The van der Waals surface area contributed by atoms with Crippen molar-refractivity contribution in [3.63, 3.8) is 0 Å². The summed E-state index contributed by atoms with van der Waals surface area (Å²) < 4.78 is 14.0. The van der Waals surface area contributed by atoms with Gasteiger partial charge >= 0.3 is 6.03 Å². The minimum Gasteiger partial charge on any atom is -0.334 e. The number of thiazole rings is 1. The number of benzene rings is 2. The fourth-order valence-electron chi connectivity index (χ4n) is 3.33. The second-order valence-electron chi connectivity index (χ2n) is 7.09. The molecule has 0 aliphatic carbocycles. The molecule has 0 bridgehead atoms. The van der Waals surface area contributed by atoms with Crippen LogP contribution in [0.1, 0.15) is 15.2 Å². The molecule has 0 atom stereocenters. The fraction of sp³-hybridized carbons (Fsp3) is 0.227. The Bertz CT molecular complexity index is 1080. The van der Waals surface area contributed by atoms with E-state index in [0.29, 0.717) is 41.6 Å². The molecule has 0 radical (unpaired) electrons. The number of halogens is 1. The molecule has 3 aromatic rings. The van der Waals surface area contributed by atoms with Crippen molar-refractivity contribution < 1.29 is 14.0 Å². The number of carbonyl (C=O) groups excluding carboxylic acids is 2. The maximum atomic E-state index is 14.0. The van der Waals surface area contributed by atoms with Crippen molar-refractivity contribution in [2.75, 3.05) is 31.5 Å². The molecule has 2 aromatic carbocycles. The zero-order chi connectivity index (χ0) is 21.1. The number of nitrogens with one attached hydrogen (secondary N) is 1. The Morgan fingerprint density at radius 1 is 1.03 bits per heavy atom. The minimum atomic E-state index is -0.362. The molecule has 1 fully saturated rings. The summed E-state index contributed by atoms with van der Waals surface area (Å²) in [6, 6.07) is 13.8. The van der Waals surface area contributed by atoms with Gasteiger partial charge in [-0.25, -0.2) is 14.2 Å². The Morgan fingerprint density at radius 2 is 1.77 bits per heavy atom. The molecule has 1 aromatic heterocycles. The van der Waals surface area contributed by atoms with E-state index in [1.54, 1.807) is 28.0 Å². The van der Waals surface area contributed by atoms with E-state index in [1.807, 2.05) is 31.2 Å². The van der Waals surface area contributed by atoms with Gasteiger partial charge in [-0.2, -0.15) is 0 Å². The lowest BCUT2D eigenvalue weighted by atomic mass is 10.2. The zero-order valence-corrected chi connectivity index (χ0v) is 17.3. The third-order valence-electron chi connectivity index (χ3n) is 4.94. The summed E-state index contributed by atoms with van der Waals surface area (Å²) in [6.07, 6.45) is 1.49. The van der Waals surface area contributed by atoms with E-state index in [2.05, 4.69) is 10.3 Å². The summed E-state index contributed by atoms with van der Waals surface area (Å²) in [5, 5.41) is 3.37. The highest BCUT2D eigenvalue weighted by Crippen LogP contribution is 2.28. The van der Waals surface area contributed by atoms with Crippen LogP contribution in [0.5, 0.6) is 0 Å². The molecule has 0 spiro atoms. The molecule has 1 aliphatic heterocycles. The van der Waals surface area contributed by atoms with Gasteiger partial charge in [0.15, 0.2) is 0 Å². The van der Waals surface area contributed by atoms with Crippen LogP contribution in [0.4, 0.5) is 14.9 Å². The second-order valence-corrected chi connectivity index (χ2v) is 8.12. The Morgan fingerprint density at radius 3 is 2.50 bits per heavy atom. The van der Waals surface area contributed by atoms with Crippen LogP contribution in [-0.4, -0.2) is 52.9 Å². The van der Waals surface area contributed by atoms with Gasteiger partial charge in [-0.05, 0) is 36.8 Å². The van der Waals surface area contributed by atoms with Crippen LogP contribution in [-0.2, 0) is 0 Å². The molecule has 8 heteroatoms. The Labute approximate surface area is 178 Å². The molecule has 1 aliphatic rings. The van der Waals surface area contributed by atoms with Crippen LogP contribution in [0.25, 0.3) is 10.6 Å². The first-order valence-electron chi connectivity index (χ1n) is 9.64. The van der Waals surface area contributed by atoms with Gasteiger partial charge in [-0.1, -0.05) is 24.3 Å². The number of rotatable bonds is 3. The maximum absolute atomic E-state index is 14.0. The van der Waals surface area contributed by atoms with E-state index in [9.17, 15) is 14.0 Å². The van der Waals surface area contributed by atoms with Gasteiger partial charge in [0.05, 0.1) is 6.20 Å². The number of carbonyl (C=O) groups is 2. The number of amides is 3. The van der Waals surface area contributed by atoms with Crippen LogP contribution >= 0.6 is 11.3 Å². The number of urea groups is 1. The summed E-state index contributed by atoms with van der Waals surface area (Å²) in [4.78, 5) is 33.4. The lowest BCUT2D eigenvalue weighted by molar-refractivity contribution is 0.0676. The molecular weight excluding hydrogens is 403 g/mol. The van der Waals surface area contributed by atoms with Gasteiger partial charge in [0.1, 0.15) is 15.7 Å². The van der Waals surface area contributed by atoms with Crippen LogP contribution in [0.2, 0.25) is 0 Å². The Balaban J connectivity index is 1.35. The SMILES string of the molecule is Cc1cccc(NC(=O)N2CCN(C(=O)c3cnc(-c4ccccc4F)s3)CC2)c1. The lowest BCUT2D eigenvalue weighted by Crippen LogP contribution is -2.51. The van der Waals surface area contributed by atoms with Gasteiger partial charge in [0, 0.05) is 37.4 Å². The van der Waals surface area contributed by atoms with Crippen molar-refractivity contribution >= 4 is 29.0 Å². The molecule has 0 unspecified atom stereocenters. The number of piperazine rings is 1. The number of hydrogen-bond donors (Lipinski definition) is 1. The number of nitrogens with zero attached hydrogens (tertiary/aromatic N) is 3. The molecule has 30 heavy (non-hydrogen) atoms. The maximum Gasteiger partial charge on any atom is 0.321 e. The number of anilines is 1. The second kappa shape index (κ2) is 8.62. The molecule has 4 rings (SSSR count). The highest BCUT2D eigenvalue weighted by atomic mass is 32.1. The van der Waals surface area contributed by atoms with Crippen LogP contribution in [0.3, 0.4) is 0 Å². The van der Waals surface area contributed by atoms with E-state index >= 15 is 0 Å². The van der Waals surface area contributed by atoms with Crippen LogP contribution in [0.15, 0.2) is 54.7 Å². The molecular formula is C22H21FN4O2S. The third kappa shape index (κ3) is 4.33. The normalized spacial score (nSPS) is 13.9. The molecule has 3 amide bonds. The average Bonchev–Trinajstić information content (AvgIpc) is 3.23. The first-order valence-corrected chi connectivity index (χ1v) is 10.5. The van der Waals surface area contributed by atoms with Gasteiger partial charge in [-0.3, -0.25) is 4.79 Å². The molecule has 2 heterocycles. The lowest BCUT2D eigenvalue weighted by Gasteiger charge is -2.34. The van der Waals surface area contributed by atoms with E-state index in [0.717, 1.165) is 11.3 Å². The Kier molecular flexibility index (Phi) is 5.76. The van der Waals surface area contributed by atoms with E-state index in [1.165, 1.54) is 23.6 Å². The summed E-state index contributed by atoms with van der Waals surface area (Å²) >= 11 is 1.18. The van der Waals surface area contributed by atoms with Crippen molar-refractivity contribution in [3.8, 4) is 10.6 Å². The van der Waals surface area contributed by atoms with Crippen molar-refractivity contribution in [2.45, 2.75) is 6.92 Å². The van der Waals surface area contributed by atoms with Crippen molar-refractivity contribution in [1.29, 1.82) is 0 Å². The van der Waals surface area contributed by atoms with Crippen molar-refractivity contribution in [3.05, 3.63) is 71.0 Å². The van der Waals surface area contributed by atoms with Gasteiger partial charge in [0.2, 0.25) is 0 Å². The minimum absolute atomic E-state index is 0.145. The van der Waals surface area contributed by atoms with Crippen molar-refractivity contribution in [1.82, 2.24) is 14.8 Å². The summed E-state index contributed by atoms with van der Waals surface area (Å²) in [5.41, 5.74) is 2.21. The molecule has 1 N–H and O–H groups in total. The topological polar surface area (TPSA) is 65.5 Å².